The molecule has 3 aromatic rings. The number of hydrogen-bond acceptors (Lipinski definition) is 4. The van der Waals surface area contributed by atoms with Gasteiger partial charge in [0.15, 0.2) is 0 Å². The second-order valence-electron chi connectivity index (χ2n) is 4.35. The van der Waals surface area contributed by atoms with Crippen molar-refractivity contribution in [2.24, 2.45) is 0 Å². The standard InChI is InChI=1S/C15H14N4O/c1-20-14-4-2-3-11(9-14)15-10-17-18-19(15)13-7-5-12(16)6-8-13/h2-10H,16H2,1H3. The van der Waals surface area contributed by atoms with E-state index in [1.807, 2.05) is 48.5 Å². The average Bonchev–Trinajstić information content (AvgIpc) is 2.97. The van der Waals surface area contributed by atoms with Crippen LogP contribution in [0.5, 0.6) is 5.75 Å². The van der Waals surface area contributed by atoms with Crippen LogP contribution in [0.2, 0.25) is 0 Å². The Balaban J connectivity index is 2.07. The van der Waals surface area contributed by atoms with E-state index < -0.39 is 0 Å². The first-order chi connectivity index (χ1) is 9.78. The molecule has 20 heavy (non-hydrogen) atoms. The zero-order chi connectivity index (χ0) is 13.9. The lowest BCUT2D eigenvalue weighted by Gasteiger charge is -2.07. The van der Waals surface area contributed by atoms with Gasteiger partial charge in [0.05, 0.1) is 24.7 Å². The van der Waals surface area contributed by atoms with Crippen LogP contribution in [0, 0.1) is 0 Å². The van der Waals surface area contributed by atoms with Crippen molar-refractivity contribution < 1.29 is 4.74 Å². The molecule has 0 saturated heterocycles. The number of anilines is 1. The lowest BCUT2D eigenvalue weighted by atomic mass is 10.1. The fourth-order valence-electron chi connectivity index (χ4n) is 2.02. The van der Waals surface area contributed by atoms with E-state index in [2.05, 4.69) is 10.3 Å². The molecule has 5 nitrogen and oxygen atoms in total. The Morgan fingerprint density at radius 1 is 1.10 bits per heavy atom. The van der Waals surface area contributed by atoms with Gasteiger partial charge < -0.3 is 10.5 Å². The molecule has 0 unspecified atom stereocenters. The molecule has 0 amide bonds. The summed E-state index contributed by atoms with van der Waals surface area (Å²) in [6, 6.07) is 15.3. The topological polar surface area (TPSA) is 66.0 Å². The van der Waals surface area contributed by atoms with Crippen molar-refractivity contribution in [1.82, 2.24) is 15.0 Å². The molecule has 1 heterocycles. The molecule has 5 heteroatoms. The molecule has 0 spiro atoms. The van der Waals surface area contributed by atoms with Gasteiger partial charge in [-0.3, -0.25) is 0 Å². The van der Waals surface area contributed by atoms with Gasteiger partial charge in [0.1, 0.15) is 5.75 Å². The number of hydrogen-bond donors (Lipinski definition) is 1. The summed E-state index contributed by atoms with van der Waals surface area (Å²) in [7, 11) is 1.65. The summed E-state index contributed by atoms with van der Waals surface area (Å²) in [5, 5.41) is 8.13. The smallest absolute Gasteiger partial charge is 0.119 e. The third-order valence-electron chi connectivity index (χ3n) is 3.05. The van der Waals surface area contributed by atoms with Crippen molar-refractivity contribution in [2.45, 2.75) is 0 Å². The minimum Gasteiger partial charge on any atom is -0.497 e. The molecule has 0 atom stereocenters. The molecule has 0 radical (unpaired) electrons. The fourth-order valence-corrected chi connectivity index (χ4v) is 2.02. The highest BCUT2D eigenvalue weighted by atomic mass is 16.5. The van der Waals surface area contributed by atoms with Crippen molar-refractivity contribution in [3.05, 3.63) is 54.7 Å². The molecule has 0 bridgehead atoms. The molecule has 1 aromatic heterocycles. The average molecular weight is 266 g/mol. The van der Waals surface area contributed by atoms with Gasteiger partial charge in [-0.2, -0.15) is 0 Å². The van der Waals surface area contributed by atoms with Crippen LogP contribution < -0.4 is 10.5 Å². The number of rotatable bonds is 3. The van der Waals surface area contributed by atoms with E-state index in [-0.39, 0.29) is 0 Å². The van der Waals surface area contributed by atoms with Crippen LogP contribution >= 0.6 is 0 Å². The maximum Gasteiger partial charge on any atom is 0.119 e. The van der Waals surface area contributed by atoms with E-state index in [4.69, 9.17) is 10.5 Å². The minimum atomic E-state index is 0.719. The maximum atomic E-state index is 5.71. The van der Waals surface area contributed by atoms with Crippen LogP contribution in [0.3, 0.4) is 0 Å². The van der Waals surface area contributed by atoms with E-state index in [1.54, 1.807) is 18.0 Å². The molecule has 0 aliphatic rings. The maximum absolute atomic E-state index is 5.71. The van der Waals surface area contributed by atoms with Crippen molar-refractivity contribution in [3.63, 3.8) is 0 Å². The van der Waals surface area contributed by atoms with Crippen LogP contribution in [0.25, 0.3) is 16.9 Å². The Kier molecular flexibility index (Phi) is 3.09. The van der Waals surface area contributed by atoms with Crippen molar-refractivity contribution in [2.75, 3.05) is 12.8 Å². The molecule has 0 aliphatic carbocycles. The summed E-state index contributed by atoms with van der Waals surface area (Å²) in [4.78, 5) is 0. The first kappa shape index (κ1) is 12.2. The highest BCUT2D eigenvalue weighted by molar-refractivity contribution is 5.63. The number of nitrogens with zero attached hydrogens (tertiary/aromatic N) is 3. The quantitative estimate of drug-likeness (QED) is 0.740. The first-order valence-corrected chi connectivity index (χ1v) is 6.19. The van der Waals surface area contributed by atoms with E-state index >= 15 is 0 Å². The molecule has 0 saturated carbocycles. The molecule has 0 aliphatic heterocycles. The molecular weight excluding hydrogens is 252 g/mol. The highest BCUT2D eigenvalue weighted by Crippen LogP contribution is 2.25. The van der Waals surface area contributed by atoms with Gasteiger partial charge in [-0.15, -0.1) is 5.10 Å². The minimum absolute atomic E-state index is 0.719. The van der Waals surface area contributed by atoms with Gasteiger partial charge in [-0.25, -0.2) is 4.68 Å². The third kappa shape index (κ3) is 2.21. The highest BCUT2D eigenvalue weighted by Gasteiger charge is 2.09. The van der Waals surface area contributed by atoms with Crippen LogP contribution in [-0.4, -0.2) is 22.1 Å². The van der Waals surface area contributed by atoms with Crippen LogP contribution in [0.4, 0.5) is 5.69 Å². The largest absolute Gasteiger partial charge is 0.497 e. The van der Waals surface area contributed by atoms with Gasteiger partial charge in [-0.05, 0) is 36.4 Å². The third-order valence-corrected chi connectivity index (χ3v) is 3.05. The van der Waals surface area contributed by atoms with Crippen LogP contribution in [0.15, 0.2) is 54.7 Å². The second kappa shape index (κ2) is 5.05. The van der Waals surface area contributed by atoms with Crippen molar-refractivity contribution in [3.8, 4) is 22.7 Å². The molecule has 2 aromatic carbocycles. The fraction of sp³-hybridized carbons (Fsp3) is 0.0667. The van der Waals surface area contributed by atoms with Gasteiger partial charge in [0.25, 0.3) is 0 Å². The normalized spacial score (nSPS) is 10.4. The number of methoxy groups -OCH3 is 1. The van der Waals surface area contributed by atoms with E-state index in [0.29, 0.717) is 0 Å². The molecule has 3 rings (SSSR count). The summed E-state index contributed by atoms with van der Waals surface area (Å²) >= 11 is 0. The summed E-state index contributed by atoms with van der Waals surface area (Å²) in [5.74, 6) is 0.799. The predicted molar refractivity (Wildman–Crippen MR) is 77.8 cm³/mol. The van der Waals surface area contributed by atoms with Gasteiger partial charge in [-0.1, -0.05) is 17.3 Å². The Morgan fingerprint density at radius 3 is 2.65 bits per heavy atom. The number of aromatic nitrogens is 3. The molecule has 0 fully saturated rings. The molecule has 100 valence electrons. The van der Waals surface area contributed by atoms with E-state index in [1.165, 1.54) is 0 Å². The monoisotopic (exact) mass is 266 g/mol. The number of benzene rings is 2. The Hall–Kier alpha value is -2.82. The lowest BCUT2D eigenvalue weighted by Crippen LogP contribution is -1.99. The first-order valence-electron chi connectivity index (χ1n) is 6.19. The number of nitrogens with two attached hydrogens (primary N) is 1. The zero-order valence-electron chi connectivity index (χ0n) is 11.0. The van der Waals surface area contributed by atoms with Gasteiger partial charge in [0.2, 0.25) is 0 Å². The Labute approximate surface area is 116 Å². The van der Waals surface area contributed by atoms with E-state index in [0.717, 1.165) is 28.4 Å². The van der Waals surface area contributed by atoms with Crippen molar-refractivity contribution >= 4 is 5.69 Å². The number of ether oxygens (including phenoxy) is 1. The molecule has 2 N–H and O–H groups in total. The van der Waals surface area contributed by atoms with E-state index in [9.17, 15) is 0 Å². The number of nitrogen functional groups attached to an aromatic ring is 1. The Bertz CT molecular complexity index is 719. The van der Waals surface area contributed by atoms with Crippen LogP contribution in [-0.2, 0) is 0 Å². The second-order valence-corrected chi connectivity index (χ2v) is 4.35. The summed E-state index contributed by atoms with van der Waals surface area (Å²) in [6.45, 7) is 0. The predicted octanol–water partition coefficient (Wildman–Crippen LogP) is 2.53. The SMILES string of the molecule is COc1cccc(-c2cnnn2-c2ccc(N)cc2)c1. The molecular formula is C15H14N4O. The van der Waals surface area contributed by atoms with Crippen molar-refractivity contribution in [1.29, 1.82) is 0 Å². The summed E-state index contributed by atoms with van der Waals surface area (Å²) in [6.07, 6.45) is 1.73. The summed E-state index contributed by atoms with van der Waals surface area (Å²) in [5.41, 5.74) is 9.22. The zero-order valence-corrected chi connectivity index (χ0v) is 11.0. The van der Waals surface area contributed by atoms with Gasteiger partial charge >= 0.3 is 0 Å². The lowest BCUT2D eigenvalue weighted by molar-refractivity contribution is 0.415. The summed E-state index contributed by atoms with van der Waals surface area (Å²) < 4.78 is 7.02. The Morgan fingerprint density at radius 2 is 1.90 bits per heavy atom. The van der Waals surface area contributed by atoms with Gasteiger partial charge in [0, 0.05) is 11.3 Å². The van der Waals surface area contributed by atoms with Crippen LogP contribution in [0.1, 0.15) is 0 Å².